The predicted molar refractivity (Wildman–Crippen MR) is 180 cm³/mol. The Labute approximate surface area is 274 Å². The number of hydrogen-bond acceptors (Lipinski definition) is 6. The van der Waals surface area contributed by atoms with Gasteiger partial charge >= 0.3 is 0 Å². The molecule has 1 unspecified atom stereocenters. The van der Waals surface area contributed by atoms with Crippen molar-refractivity contribution in [2.24, 2.45) is 0 Å². The molecule has 4 aromatic carbocycles. The monoisotopic (exact) mass is 663 g/mol. The zero-order valence-electron chi connectivity index (χ0n) is 26.1. The highest BCUT2D eigenvalue weighted by Crippen LogP contribution is 2.28. The summed E-state index contributed by atoms with van der Waals surface area (Å²) >= 11 is 1.47. The molecule has 242 valence electrons. The van der Waals surface area contributed by atoms with Gasteiger partial charge in [0.25, 0.3) is 10.0 Å². The van der Waals surface area contributed by atoms with Crippen LogP contribution in [0.1, 0.15) is 25.0 Å². The Bertz CT molecular complexity index is 1700. The predicted octanol–water partition coefficient (Wildman–Crippen LogP) is 5.92. The van der Waals surface area contributed by atoms with Gasteiger partial charge in [0.05, 0.1) is 17.2 Å². The lowest BCUT2D eigenvalue weighted by Gasteiger charge is -2.34. The zero-order valence-corrected chi connectivity index (χ0v) is 27.7. The second kappa shape index (κ2) is 16.3. The van der Waals surface area contributed by atoms with E-state index >= 15 is 0 Å². The molecule has 8 nitrogen and oxygen atoms in total. The summed E-state index contributed by atoms with van der Waals surface area (Å²) in [5, 5.41) is 2.80. The Morgan fingerprint density at radius 3 is 2.15 bits per heavy atom. The number of benzene rings is 4. The quantitative estimate of drug-likeness (QED) is 0.159. The first-order chi connectivity index (χ1) is 22.2. The lowest BCUT2D eigenvalue weighted by Crippen LogP contribution is -2.53. The highest BCUT2D eigenvalue weighted by molar-refractivity contribution is 7.98. The van der Waals surface area contributed by atoms with Crippen LogP contribution >= 0.6 is 11.8 Å². The van der Waals surface area contributed by atoms with Crippen molar-refractivity contribution in [1.82, 2.24) is 10.2 Å². The normalized spacial score (nSPS) is 11.8. The molecule has 0 heterocycles. The third-order valence-electron chi connectivity index (χ3n) is 7.28. The maximum Gasteiger partial charge on any atom is 0.264 e. The number of likely N-dealkylation sites (N-methyl/N-ethyl adjacent to an activating group) is 1. The number of nitrogens with zero attached hydrogens (tertiary/aromatic N) is 2. The van der Waals surface area contributed by atoms with Crippen LogP contribution in [0, 0.1) is 5.82 Å². The van der Waals surface area contributed by atoms with Crippen LogP contribution in [0.2, 0.25) is 0 Å². The van der Waals surface area contributed by atoms with E-state index in [-0.39, 0.29) is 29.1 Å². The first kappa shape index (κ1) is 34.5. The fourth-order valence-corrected chi connectivity index (χ4v) is 6.76. The Kier molecular flexibility index (Phi) is 12.2. The fourth-order valence-electron chi connectivity index (χ4n) is 4.94. The topological polar surface area (TPSA) is 96.0 Å². The maximum absolute atomic E-state index is 15.0. The number of carbonyl (C=O) groups is 2. The lowest BCUT2D eigenvalue weighted by atomic mass is 10.0. The van der Waals surface area contributed by atoms with Gasteiger partial charge in [0.15, 0.2) is 0 Å². The lowest BCUT2D eigenvalue weighted by molar-refractivity contribution is -0.140. The number of carbonyl (C=O) groups excluding carboxylic acids is 2. The van der Waals surface area contributed by atoms with Crippen LogP contribution in [0.5, 0.6) is 5.75 Å². The van der Waals surface area contributed by atoms with Crippen molar-refractivity contribution in [2.45, 2.75) is 42.6 Å². The van der Waals surface area contributed by atoms with E-state index < -0.39 is 40.2 Å². The number of thioether (sulfide) groups is 1. The summed E-state index contributed by atoms with van der Waals surface area (Å²) in [4.78, 5) is 30.1. The number of ether oxygens (including phenoxy) is 1. The van der Waals surface area contributed by atoms with Crippen LogP contribution in [-0.2, 0) is 32.6 Å². The number of amides is 2. The van der Waals surface area contributed by atoms with Gasteiger partial charge in [-0.3, -0.25) is 13.9 Å². The number of rotatable bonds is 15. The van der Waals surface area contributed by atoms with Gasteiger partial charge < -0.3 is 15.0 Å². The van der Waals surface area contributed by atoms with Crippen molar-refractivity contribution >= 4 is 39.3 Å². The van der Waals surface area contributed by atoms with Crippen LogP contribution in [-0.4, -0.2) is 57.1 Å². The molecule has 0 saturated carbocycles. The van der Waals surface area contributed by atoms with Gasteiger partial charge in [-0.15, -0.1) is 11.8 Å². The van der Waals surface area contributed by atoms with E-state index in [1.54, 1.807) is 61.5 Å². The first-order valence-electron chi connectivity index (χ1n) is 14.9. The van der Waals surface area contributed by atoms with E-state index in [1.165, 1.54) is 34.9 Å². The molecular weight excluding hydrogens is 626 g/mol. The Morgan fingerprint density at radius 2 is 1.54 bits per heavy atom. The summed E-state index contributed by atoms with van der Waals surface area (Å²) in [6.07, 6.45) is 2.03. The second-order valence-corrected chi connectivity index (χ2v) is 13.1. The van der Waals surface area contributed by atoms with E-state index in [0.717, 1.165) is 14.8 Å². The number of sulfonamides is 1. The SMILES string of the molecule is CCNC(=O)C(Cc1ccccc1)N(Cc1ccccc1F)C(=O)CN(c1ccc(OCC)cc1)S(=O)(=O)c1ccc(SC)cc1. The number of nitrogens with one attached hydrogen (secondary N) is 1. The van der Waals surface area contributed by atoms with Gasteiger partial charge in [0.1, 0.15) is 24.2 Å². The fraction of sp³-hybridized carbons (Fsp3) is 0.257. The van der Waals surface area contributed by atoms with Crippen LogP contribution in [0.4, 0.5) is 10.1 Å². The minimum absolute atomic E-state index is 0.00259. The minimum atomic E-state index is -4.27. The Morgan fingerprint density at radius 1 is 0.891 bits per heavy atom. The number of hydrogen-bond donors (Lipinski definition) is 1. The van der Waals surface area contributed by atoms with Crippen molar-refractivity contribution in [2.75, 3.05) is 30.3 Å². The molecule has 2 amide bonds. The third-order valence-corrected chi connectivity index (χ3v) is 9.81. The molecule has 0 saturated heterocycles. The van der Waals surface area contributed by atoms with Gasteiger partial charge in [0.2, 0.25) is 11.8 Å². The molecule has 0 spiro atoms. The molecule has 1 N–H and O–H groups in total. The summed E-state index contributed by atoms with van der Waals surface area (Å²) in [6.45, 7) is 3.45. The summed E-state index contributed by atoms with van der Waals surface area (Å²) < 4.78 is 49.9. The Balaban J connectivity index is 1.80. The van der Waals surface area contributed by atoms with Gasteiger partial charge in [-0.2, -0.15) is 0 Å². The standard InChI is InChI=1S/C35H38FN3O5S2/c1-4-37-35(41)33(23-26-11-7-6-8-12-26)38(24-27-13-9-10-14-32(27)36)34(40)25-39(28-15-17-29(18-16-28)44-5-2)46(42,43)31-21-19-30(45-3)20-22-31/h6-22,33H,4-5,23-25H2,1-3H3,(H,37,41). The van der Waals surface area contributed by atoms with Crippen molar-refractivity contribution in [3.05, 3.63) is 120 Å². The van der Waals surface area contributed by atoms with Crippen LogP contribution in [0.3, 0.4) is 0 Å². The van der Waals surface area contributed by atoms with E-state index in [9.17, 15) is 22.4 Å². The maximum atomic E-state index is 15.0. The molecule has 0 bridgehead atoms. The summed E-state index contributed by atoms with van der Waals surface area (Å²) in [5.41, 5.74) is 1.21. The van der Waals surface area contributed by atoms with Crippen molar-refractivity contribution in [3.8, 4) is 5.75 Å². The van der Waals surface area contributed by atoms with Gasteiger partial charge in [0, 0.05) is 30.0 Å². The van der Waals surface area contributed by atoms with Gasteiger partial charge in [-0.25, -0.2) is 12.8 Å². The Hall–Kier alpha value is -4.35. The molecule has 11 heteroatoms. The van der Waals surface area contributed by atoms with Crippen LogP contribution in [0.15, 0.2) is 113 Å². The van der Waals surface area contributed by atoms with Crippen molar-refractivity contribution in [3.63, 3.8) is 0 Å². The summed E-state index contributed by atoms with van der Waals surface area (Å²) in [7, 11) is -4.27. The molecule has 0 radical (unpaired) electrons. The summed E-state index contributed by atoms with van der Waals surface area (Å²) in [5.74, 6) is -1.10. The summed E-state index contributed by atoms with van der Waals surface area (Å²) in [6, 6.07) is 26.9. The average Bonchev–Trinajstić information content (AvgIpc) is 3.07. The molecule has 4 rings (SSSR count). The molecule has 0 aliphatic rings. The van der Waals surface area contributed by atoms with Crippen LogP contribution < -0.4 is 14.4 Å². The molecule has 0 aliphatic carbocycles. The number of anilines is 1. The molecule has 0 aromatic heterocycles. The second-order valence-electron chi connectivity index (χ2n) is 10.3. The average molecular weight is 664 g/mol. The highest BCUT2D eigenvalue weighted by Gasteiger charge is 2.35. The van der Waals surface area contributed by atoms with E-state index in [4.69, 9.17) is 4.74 Å². The van der Waals surface area contributed by atoms with Crippen LogP contribution in [0.25, 0.3) is 0 Å². The van der Waals surface area contributed by atoms with E-state index in [2.05, 4.69) is 5.32 Å². The molecule has 46 heavy (non-hydrogen) atoms. The first-order valence-corrected chi connectivity index (χ1v) is 17.6. The smallest absolute Gasteiger partial charge is 0.264 e. The molecular formula is C35H38FN3O5S2. The van der Waals surface area contributed by atoms with Crippen molar-refractivity contribution in [1.29, 1.82) is 0 Å². The van der Waals surface area contributed by atoms with Gasteiger partial charge in [-0.05, 0) is 80.3 Å². The van der Waals surface area contributed by atoms with E-state index in [0.29, 0.717) is 18.9 Å². The van der Waals surface area contributed by atoms with Gasteiger partial charge in [-0.1, -0.05) is 48.5 Å². The number of halogens is 1. The zero-order chi connectivity index (χ0) is 33.1. The van der Waals surface area contributed by atoms with E-state index in [1.807, 2.05) is 43.5 Å². The molecule has 0 fully saturated rings. The highest BCUT2D eigenvalue weighted by atomic mass is 32.2. The molecule has 1 atom stereocenters. The largest absolute Gasteiger partial charge is 0.494 e. The third kappa shape index (κ3) is 8.67. The molecule has 0 aliphatic heterocycles. The minimum Gasteiger partial charge on any atom is -0.494 e. The molecule has 4 aromatic rings. The van der Waals surface area contributed by atoms with Crippen molar-refractivity contribution < 1.29 is 27.1 Å².